The molecule has 2 aliphatic heterocycles. The number of fused-ring (bicyclic) bond motifs is 1. The number of H-pyrrole nitrogens is 2. The second-order valence-electron chi connectivity index (χ2n) is 8.24. The van der Waals surface area contributed by atoms with Crippen LogP contribution in [0.2, 0.25) is 0 Å². The number of aromatic amines is 2. The van der Waals surface area contributed by atoms with Gasteiger partial charge in [-0.15, -0.1) is 0 Å². The van der Waals surface area contributed by atoms with E-state index in [9.17, 15) is 10.5 Å². The minimum atomic E-state index is -0.589. The maximum atomic E-state index is 9.89. The lowest BCUT2D eigenvalue weighted by atomic mass is 9.80. The molecular formula is C26H19N7O2S3. The molecule has 3 aromatic rings. The number of thiocarbonyl (C=S) groups is 1. The van der Waals surface area contributed by atoms with Gasteiger partial charge in [0.25, 0.3) is 0 Å². The number of anilines is 2. The molecule has 1 aromatic heterocycles. The van der Waals surface area contributed by atoms with Gasteiger partial charge in [-0.05, 0) is 54.3 Å². The van der Waals surface area contributed by atoms with Crippen molar-refractivity contribution in [2.75, 3.05) is 24.4 Å². The van der Waals surface area contributed by atoms with Gasteiger partial charge in [0.15, 0.2) is 15.5 Å². The Labute approximate surface area is 233 Å². The fraction of sp³-hybridized carbons (Fsp3) is 0.115. The standard InChI is InChI=1S/C26H19N7O2S3/c1-34-16-8-13(9-17(10-16)35-2)18-19-21(14(11-27)12-28)29-26(38)33(15-6-4-3-5-7-15)23(19)30-22-20(18)24(36)32-25(37)31-22/h3-10,18H,1-2H3,(H,29,38)(H3,30,31,32,36,37). The first kappa shape index (κ1) is 25.2. The number of rotatable bonds is 4. The summed E-state index contributed by atoms with van der Waals surface area (Å²) in [6, 6.07) is 19.0. The predicted octanol–water partition coefficient (Wildman–Crippen LogP) is 5.28. The molecular weight excluding hydrogens is 539 g/mol. The van der Waals surface area contributed by atoms with Crippen LogP contribution in [-0.4, -0.2) is 29.3 Å². The highest BCUT2D eigenvalue weighted by Gasteiger charge is 2.41. The molecule has 0 radical (unpaired) electrons. The van der Waals surface area contributed by atoms with Crippen LogP contribution < -0.4 is 25.0 Å². The molecule has 5 rings (SSSR count). The van der Waals surface area contributed by atoms with Crippen molar-refractivity contribution < 1.29 is 9.47 Å². The van der Waals surface area contributed by atoms with E-state index in [1.165, 1.54) is 0 Å². The number of nitrogens with one attached hydrogen (secondary N) is 4. The van der Waals surface area contributed by atoms with Crippen molar-refractivity contribution in [1.29, 1.82) is 10.5 Å². The van der Waals surface area contributed by atoms with Crippen molar-refractivity contribution in [2.24, 2.45) is 0 Å². The Bertz CT molecular complexity index is 1710. The number of nitriles is 2. The van der Waals surface area contributed by atoms with Gasteiger partial charge in [0.1, 0.15) is 39.9 Å². The summed E-state index contributed by atoms with van der Waals surface area (Å²) in [6.07, 6.45) is 0. The minimum Gasteiger partial charge on any atom is -0.497 e. The van der Waals surface area contributed by atoms with Gasteiger partial charge < -0.3 is 30.1 Å². The molecule has 2 aliphatic rings. The zero-order valence-corrected chi connectivity index (χ0v) is 22.5. The van der Waals surface area contributed by atoms with Gasteiger partial charge in [0.05, 0.1) is 19.9 Å². The molecule has 0 spiro atoms. The SMILES string of the molecule is COc1cc(OC)cc(C2C3=C(Nc4[nH]c(=S)[nH]c(=S)c42)N(c2ccccc2)C(=S)NC3=C(C#N)C#N)c1. The fourth-order valence-electron chi connectivity index (χ4n) is 4.59. The van der Waals surface area contributed by atoms with Gasteiger partial charge in [0.2, 0.25) is 0 Å². The van der Waals surface area contributed by atoms with Crippen LogP contribution in [0.5, 0.6) is 11.5 Å². The molecule has 12 heteroatoms. The number of hydrogen-bond acceptors (Lipinski definition) is 8. The first-order valence-corrected chi connectivity index (χ1v) is 12.4. The average molecular weight is 558 g/mol. The van der Waals surface area contributed by atoms with E-state index < -0.39 is 5.92 Å². The lowest BCUT2D eigenvalue weighted by Gasteiger charge is -2.42. The van der Waals surface area contributed by atoms with Crippen LogP contribution in [0.4, 0.5) is 11.5 Å². The van der Waals surface area contributed by atoms with Crippen molar-refractivity contribution in [1.82, 2.24) is 15.3 Å². The molecule has 0 saturated carbocycles. The molecule has 0 fully saturated rings. The van der Waals surface area contributed by atoms with Crippen LogP contribution in [-0.2, 0) is 0 Å². The number of benzene rings is 2. The van der Waals surface area contributed by atoms with E-state index in [-0.39, 0.29) is 16.4 Å². The monoisotopic (exact) mass is 557 g/mol. The number of methoxy groups -OCH3 is 2. The Hall–Kier alpha value is -4.49. The molecule has 38 heavy (non-hydrogen) atoms. The second-order valence-corrected chi connectivity index (χ2v) is 9.44. The molecule has 3 heterocycles. The lowest BCUT2D eigenvalue weighted by Crippen LogP contribution is -2.49. The highest BCUT2D eigenvalue weighted by atomic mass is 32.1. The minimum absolute atomic E-state index is 0.128. The number of aromatic nitrogens is 2. The molecule has 2 aromatic carbocycles. The van der Waals surface area contributed by atoms with Crippen molar-refractivity contribution >= 4 is 53.3 Å². The van der Waals surface area contributed by atoms with Crippen molar-refractivity contribution in [3.05, 3.63) is 91.7 Å². The first-order chi connectivity index (χ1) is 18.4. The first-order valence-electron chi connectivity index (χ1n) is 11.2. The van der Waals surface area contributed by atoms with Gasteiger partial charge in [-0.1, -0.05) is 30.4 Å². The van der Waals surface area contributed by atoms with Crippen LogP contribution >= 0.6 is 36.7 Å². The number of ether oxygens (including phenoxy) is 2. The summed E-state index contributed by atoms with van der Waals surface area (Å²) in [7, 11) is 3.13. The normalized spacial score (nSPS) is 15.8. The third-order valence-corrected chi connectivity index (χ3v) is 6.99. The predicted molar refractivity (Wildman–Crippen MR) is 152 cm³/mol. The van der Waals surface area contributed by atoms with Gasteiger partial charge in [0, 0.05) is 28.8 Å². The molecule has 0 saturated heterocycles. The maximum absolute atomic E-state index is 9.89. The molecule has 0 bridgehead atoms. The van der Waals surface area contributed by atoms with Gasteiger partial charge in [-0.3, -0.25) is 4.90 Å². The van der Waals surface area contributed by atoms with E-state index in [1.54, 1.807) is 20.3 Å². The fourth-order valence-corrected chi connectivity index (χ4v) is 5.48. The zero-order valence-electron chi connectivity index (χ0n) is 20.1. The summed E-state index contributed by atoms with van der Waals surface area (Å²) in [5.74, 6) is 1.64. The van der Waals surface area contributed by atoms with E-state index in [0.29, 0.717) is 43.7 Å². The van der Waals surface area contributed by atoms with Crippen molar-refractivity contribution in [3.63, 3.8) is 0 Å². The second kappa shape index (κ2) is 10.1. The molecule has 0 amide bonds. The molecule has 1 unspecified atom stereocenters. The number of nitrogens with zero attached hydrogens (tertiary/aromatic N) is 3. The van der Waals surface area contributed by atoms with Crippen LogP contribution in [0.15, 0.2) is 71.2 Å². The summed E-state index contributed by atoms with van der Waals surface area (Å²) in [5, 5.41) is 26.6. The third kappa shape index (κ3) is 4.21. The van der Waals surface area contributed by atoms with Gasteiger partial charge in [-0.2, -0.15) is 10.5 Å². The third-order valence-electron chi connectivity index (χ3n) is 6.18. The Morgan fingerprint density at radius 3 is 2.18 bits per heavy atom. The van der Waals surface area contributed by atoms with E-state index in [2.05, 4.69) is 20.6 Å². The van der Waals surface area contributed by atoms with Crippen LogP contribution in [0.1, 0.15) is 17.0 Å². The molecule has 9 nitrogen and oxygen atoms in total. The molecule has 1 atom stereocenters. The number of hydrogen-bond donors (Lipinski definition) is 4. The number of allylic oxidation sites excluding steroid dienone is 2. The van der Waals surface area contributed by atoms with E-state index in [1.807, 2.05) is 59.5 Å². The quantitative estimate of drug-likeness (QED) is 0.249. The summed E-state index contributed by atoms with van der Waals surface area (Å²) in [4.78, 5) is 7.99. The molecule has 4 N–H and O–H groups in total. The summed E-state index contributed by atoms with van der Waals surface area (Å²) < 4.78 is 11.8. The lowest BCUT2D eigenvalue weighted by molar-refractivity contribution is 0.393. The maximum Gasteiger partial charge on any atom is 0.183 e. The Balaban J connectivity index is 1.93. The Kier molecular flexibility index (Phi) is 6.70. The van der Waals surface area contributed by atoms with Crippen LogP contribution in [0, 0.1) is 32.1 Å². The van der Waals surface area contributed by atoms with E-state index in [4.69, 9.17) is 46.1 Å². The largest absolute Gasteiger partial charge is 0.497 e. The highest BCUT2D eigenvalue weighted by molar-refractivity contribution is 7.80. The zero-order chi connectivity index (χ0) is 27.0. The van der Waals surface area contributed by atoms with Gasteiger partial charge in [-0.25, -0.2) is 0 Å². The summed E-state index contributed by atoms with van der Waals surface area (Å²) in [5.41, 5.74) is 2.92. The smallest absolute Gasteiger partial charge is 0.183 e. The summed E-state index contributed by atoms with van der Waals surface area (Å²) in [6.45, 7) is 0. The van der Waals surface area contributed by atoms with Crippen molar-refractivity contribution in [3.8, 4) is 23.6 Å². The van der Waals surface area contributed by atoms with E-state index in [0.717, 1.165) is 11.3 Å². The molecule has 0 aliphatic carbocycles. The van der Waals surface area contributed by atoms with Crippen LogP contribution in [0.3, 0.4) is 0 Å². The topological polar surface area (TPSA) is 125 Å². The Morgan fingerprint density at radius 1 is 0.921 bits per heavy atom. The van der Waals surface area contributed by atoms with Crippen LogP contribution in [0.25, 0.3) is 0 Å². The van der Waals surface area contributed by atoms with E-state index >= 15 is 0 Å². The van der Waals surface area contributed by atoms with Gasteiger partial charge >= 0.3 is 0 Å². The Morgan fingerprint density at radius 2 is 1.58 bits per heavy atom. The molecule has 188 valence electrons. The average Bonchev–Trinajstić information content (AvgIpc) is 2.92. The highest BCUT2D eigenvalue weighted by Crippen LogP contribution is 2.48. The van der Waals surface area contributed by atoms with Crippen molar-refractivity contribution in [2.45, 2.75) is 5.92 Å². The summed E-state index contributed by atoms with van der Waals surface area (Å²) >= 11 is 16.9. The number of para-hydroxylation sites is 1.